The van der Waals surface area contributed by atoms with Crippen molar-refractivity contribution < 1.29 is 23.9 Å². The van der Waals surface area contributed by atoms with Gasteiger partial charge in [-0.05, 0) is 52.4 Å². The normalized spacial score (nSPS) is 17.3. The minimum atomic E-state index is -0.0699. The largest absolute Gasteiger partial charge is 0.379 e. The molecule has 2 aliphatic rings. The summed E-state index contributed by atoms with van der Waals surface area (Å²) in [7, 11) is 3.53. The average molecular weight is 561 g/mol. The van der Waals surface area contributed by atoms with Crippen molar-refractivity contribution in [2.24, 2.45) is 11.7 Å². The van der Waals surface area contributed by atoms with Crippen molar-refractivity contribution in [1.82, 2.24) is 20.0 Å². The minimum absolute atomic E-state index is 0.0172. The zero-order valence-electron chi connectivity index (χ0n) is 24.3. The molecule has 2 aliphatic heterocycles. The van der Waals surface area contributed by atoms with Gasteiger partial charge in [-0.2, -0.15) is 0 Å². The van der Waals surface area contributed by atoms with Crippen LogP contribution in [0.4, 0.5) is 5.69 Å². The van der Waals surface area contributed by atoms with E-state index < -0.39 is 0 Å². The lowest BCUT2D eigenvalue weighted by atomic mass is 9.98. The molecule has 0 aliphatic carbocycles. The minimum Gasteiger partial charge on any atom is -0.379 e. The smallest absolute Gasteiger partial charge is 0.230 e. The predicted molar refractivity (Wildman–Crippen MR) is 156 cm³/mol. The summed E-state index contributed by atoms with van der Waals surface area (Å²) >= 11 is 0. The lowest BCUT2D eigenvalue weighted by molar-refractivity contribution is -0.125. The standard InChI is InChI=1S/C27H43N5O4.C2H5NO/c1-21(5-4-14-33)30(2)19-25-22(20-34)6-3-7-26(25)29-27(35)23-17-32(18-23)13-16-36-15-12-31-10-8-24(28)9-11-31;1-3-2-4/h3,6-7,14,20-21,23-24H,4-5,8-13,15-19,28H2,1-2H3,(H,29,35);2H,1H3,(H,3,4). The summed E-state index contributed by atoms with van der Waals surface area (Å²) in [5.41, 5.74) is 8.01. The number of amides is 2. The second kappa shape index (κ2) is 18.6. The molecule has 1 atom stereocenters. The third kappa shape index (κ3) is 11.4. The van der Waals surface area contributed by atoms with E-state index >= 15 is 0 Å². The highest BCUT2D eigenvalue weighted by Crippen LogP contribution is 2.24. The van der Waals surface area contributed by atoms with Crippen LogP contribution < -0.4 is 16.4 Å². The Morgan fingerprint density at radius 3 is 2.40 bits per heavy atom. The van der Waals surface area contributed by atoms with Crippen LogP contribution >= 0.6 is 0 Å². The molecule has 2 amide bonds. The van der Waals surface area contributed by atoms with Crippen LogP contribution in [0.5, 0.6) is 0 Å². The van der Waals surface area contributed by atoms with E-state index in [2.05, 4.69) is 32.3 Å². The number of carbonyl (C=O) groups excluding carboxylic acids is 4. The molecule has 40 heavy (non-hydrogen) atoms. The van der Waals surface area contributed by atoms with Crippen molar-refractivity contribution in [2.75, 3.05) is 71.9 Å². The maximum atomic E-state index is 12.9. The van der Waals surface area contributed by atoms with Gasteiger partial charge >= 0.3 is 0 Å². The van der Waals surface area contributed by atoms with Gasteiger partial charge in [-0.25, -0.2) is 0 Å². The summed E-state index contributed by atoms with van der Waals surface area (Å²) in [5.74, 6) is -0.0871. The van der Waals surface area contributed by atoms with Gasteiger partial charge in [0.25, 0.3) is 0 Å². The van der Waals surface area contributed by atoms with Crippen molar-refractivity contribution in [3.8, 4) is 0 Å². The Labute approximate surface area is 238 Å². The molecule has 11 heteroatoms. The van der Waals surface area contributed by atoms with Crippen LogP contribution in [-0.4, -0.2) is 118 Å². The van der Waals surface area contributed by atoms with Crippen LogP contribution in [0, 0.1) is 5.92 Å². The molecule has 0 aromatic heterocycles. The molecule has 224 valence electrons. The Morgan fingerprint density at radius 1 is 1.15 bits per heavy atom. The fourth-order valence-electron chi connectivity index (χ4n) is 4.76. The van der Waals surface area contributed by atoms with Crippen LogP contribution in [0.2, 0.25) is 0 Å². The highest BCUT2D eigenvalue weighted by Gasteiger charge is 2.32. The number of benzene rings is 1. The van der Waals surface area contributed by atoms with E-state index in [1.165, 1.54) is 0 Å². The van der Waals surface area contributed by atoms with Gasteiger partial charge in [-0.15, -0.1) is 0 Å². The number of nitrogens with one attached hydrogen (secondary N) is 2. The molecule has 2 fully saturated rings. The van der Waals surface area contributed by atoms with Crippen LogP contribution in [0.1, 0.15) is 48.5 Å². The Hall–Kier alpha value is -2.70. The maximum absolute atomic E-state index is 12.9. The molecule has 0 radical (unpaired) electrons. The van der Waals surface area contributed by atoms with E-state index in [0.717, 1.165) is 70.2 Å². The Balaban J connectivity index is 0.00000131. The van der Waals surface area contributed by atoms with Gasteiger partial charge in [0, 0.05) is 75.1 Å². The van der Waals surface area contributed by atoms with Crippen molar-refractivity contribution in [2.45, 2.75) is 51.2 Å². The summed E-state index contributed by atoms with van der Waals surface area (Å²) in [6.07, 6.45) is 5.77. The Morgan fingerprint density at radius 2 is 1.80 bits per heavy atom. The Kier molecular flexibility index (Phi) is 15.6. The lowest BCUT2D eigenvalue weighted by Gasteiger charge is -2.38. The second-order valence-corrected chi connectivity index (χ2v) is 10.6. The zero-order chi connectivity index (χ0) is 29.3. The molecule has 0 spiro atoms. The van der Waals surface area contributed by atoms with Gasteiger partial charge < -0.3 is 30.8 Å². The van der Waals surface area contributed by atoms with E-state index in [1.807, 2.05) is 13.1 Å². The molecule has 4 N–H and O–H groups in total. The predicted octanol–water partition coefficient (Wildman–Crippen LogP) is 0.971. The molecule has 2 saturated heterocycles. The monoisotopic (exact) mass is 560 g/mol. The number of nitrogens with two attached hydrogens (primary N) is 1. The highest BCUT2D eigenvalue weighted by molar-refractivity contribution is 5.95. The van der Waals surface area contributed by atoms with Crippen molar-refractivity contribution in [3.63, 3.8) is 0 Å². The topological polar surface area (TPSA) is 137 Å². The summed E-state index contributed by atoms with van der Waals surface area (Å²) in [6, 6.07) is 5.95. The first-order valence-electron chi connectivity index (χ1n) is 14.2. The number of hydrogen-bond donors (Lipinski definition) is 3. The molecular formula is C29H48N6O5. The summed E-state index contributed by atoms with van der Waals surface area (Å²) in [5, 5.41) is 5.31. The van der Waals surface area contributed by atoms with E-state index in [9.17, 15) is 14.4 Å². The van der Waals surface area contributed by atoms with E-state index in [-0.39, 0.29) is 17.9 Å². The van der Waals surface area contributed by atoms with Crippen LogP contribution in [-0.2, 0) is 25.7 Å². The quantitative estimate of drug-likeness (QED) is 0.199. The molecule has 1 aromatic carbocycles. The zero-order valence-corrected chi connectivity index (χ0v) is 24.3. The SMILES string of the molecule is CC(CCC=O)N(C)Cc1c(C=O)cccc1NC(=O)C1CN(CCOCCN2CCC(N)CC2)C1.CNC=O. The number of carbonyl (C=O) groups is 4. The lowest BCUT2D eigenvalue weighted by Crippen LogP contribution is -2.53. The van der Waals surface area contributed by atoms with Crippen LogP contribution in [0.25, 0.3) is 0 Å². The fraction of sp³-hybridized carbons (Fsp3) is 0.655. The first-order chi connectivity index (χ1) is 19.3. The van der Waals surface area contributed by atoms with Gasteiger partial charge in [0.05, 0.1) is 19.1 Å². The number of anilines is 1. The maximum Gasteiger partial charge on any atom is 0.230 e. The molecule has 1 unspecified atom stereocenters. The molecule has 0 saturated carbocycles. The van der Waals surface area contributed by atoms with Crippen LogP contribution in [0.15, 0.2) is 18.2 Å². The summed E-state index contributed by atoms with van der Waals surface area (Å²) < 4.78 is 5.81. The van der Waals surface area contributed by atoms with E-state index in [1.54, 1.807) is 19.2 Å². The van der Waals surface area contributed by atoms with Crippen molar-refractivity contribution >= 4 is 30.6 Å². The molecule has 2 heterocycles. The number of likely N-dealkylation sites (tertiary alicyclic amines) is 2. The Bertz CT molecular complexity index is 918. The summed E-state index contributed by atoms with van der Waals surface area (Å²) in [6.45, 7) is 9.28. The number of piperidine rings is 1. The third-order valence-electron chi connectivity index (χ3n) is 7.64. The second-order valence-electron chi connectivity index (χ2n) is 10.6. The first-order valence-corrected chi connectivity index (χ1v) is 14.2. The molecular weight excluding hydrogens is 512 g/mol. The fourth-order valence-corrected chi connectivity index (χ4v) is 4.76. The highest BCUT2D eigenvalue weighted by atomic mass is 16.5. The number of aldehydes is 2. The number of hydrogen-bond acceptors (Lipinski definition) is 9. The molecule has 3 rings (SSSR count). The van der Waals surface area contributed by atoms with Crippen molar-refractivity contribution in [3.05, 3.63) is 29.3 Å². The van der Waals surface area contributed by atoms with E-state index in [4.69, 9.17) is 15.3 Å². The van der Waals surface area contributed by atoms with Gasteiger partial charge in [0.2, 0.25) is 12.3 Å². The first kappa shape index (κ1) is 33.5. The number of rotatable bonds is 16. The molecule has 11 nitrogen and oxygen atoms in total. The average Bonchev–Trinajstić information content (AvgIpc) is 2.94. The molecule has 1 aromatic rings. The van der Waals surface area contributed by atoms with Crippen molar-refractivity contribution in [1.29, 1.82) is 0 Å². The van der Waals surface area contributed by atoms with Gasteiger partial charge in [-0.1, -0.05) is 12.1 Å². The van der Waals surface area contributed by atoms with Gasteiger partial charge in [0.1, 0.15) is 12.6 Å². The number of ether oxygens (including phenoxy) is 1. The number of nitrogens with zero attached hydrogens (tertiary/aromatic N) is 3. The summed E-state index contributed by atoms with van der Waals surface area (Å²) in [4.78, 5) is 51.1. The van der Waals surface area contributed by atoms with E-state index in [0.29, 0.717) is 56.4 Å². The molecule has 0 bridgehead atoms. The van der Waals surface area contributed by atoms with Crippen LogP contribution in [0.3, 0.4) is 0 Å². The third-order valence-corrected chi connectivity index (χ3v) is 7.64. The van der Waals surface area contributed by atoms with Gasteiger partial charge in [-0.3, -0.25) is 24.2 Å². The van der Waals surface area contributed by atoms with Gasteiger partial charge in [0.15, 0.2) is 0 Å².